The minimum absolute atomic E-state index is 0.0341. The topological polar surface area (TPSA) is 65.1 Å². The van der Waals surface area contributed by atoms with Gasteiger partial charge in [0.05, 0.1) is 13.1 Å². The molecular formula is C18H27ClN4O3. The van der Waals surface area contributed by atoms with Crippen LogP contribution in [0.2, 0.25) is 5.02 Å². The molecule has 0 aromatic heterocycles. The summed E-state index contributed by atoms with van der Waals surface area (Å²) in [5.41, 5.74) is 0. The molecule has 2 rings (SSSR count). The number of nitrogens with zero attached hydrogens (tertiary/aromatic N) is 3. The third-order valence-electron chi connectivity index (χ3n) is 4.40. The van der Waals surface area contributed by atoms with Gasteiger partial charge in [0, 0.05) is 51.8 Å². The van der Waals surface area contributed by atoms with Gasteiger partial charge in [-0.1, -0.05) is 11.6 Å². The lowest BCUT2D eigenvalue weighted by atomic mass is 10.3. The van der Waals surface area contributed by atoms with Gasteiger partial charge in [-0.15, -0.1) is 0 Å². The van der Waals surface area contributed by atoms with Crippen LogP contribution in [0.1, 0.15) is 0 Å². The Bertz CT molecular complexity index is 589. The van der Waals surface area contributed by atoms with E-state index in [4.69, 9.17) is 16.3 Å². The number of amides is 2. The van der Waals surface area contributed by atoms with Gasteiger partial charge >= 0.3 is 0 Å². The number of halogens is 1. The molecule has 0 saturated carbocycles. The van der Waals surface area contributed by atoms with Crippen molar-refractivity contribution in [3.63, 3.8) is 0 Å². The fourth-order valence-corrected chi connectivity index (χ4v) is 2.82. The summed E-state index contributed by atoms with van der Waals surface area (Å²) in [6.07, 6.45) is 0. The van der Waals surface area contributed by atoms with Crippen molar-refractivity contribution in [3.8, 4) is 5.75 Å². The minimum Gasteiger partial charge on any atom is -0.492 e. The van der Waals surface area contributed by atoms with E-state index < -0.39 is 0 Å². The molecule has 0 spiro atoms. The number of nitrogens with one attached hydrogen (secondary N) is 1. The van der Waals surface area contributed by atoms with Crippen LogP contribution in [0.5, 0.6) is 5.75 Å². The lowest BCUT2D eigenvalue weighted by Crippen LogP contribution is -2.51. The number of rotatable bonds is 8. The number of ether oxygens (including phenoxy) is 1. The average molecular weight is 383 g/mol. The van der Waals surface area contributed by atoms with Crippen molar-refractivity contribution in [3.05, 3.63) is 29.3 Å². The van der Waals surface area contributed by atoms with Gasteiger partial charge < -0.3 is 15.0 Å². The molecule has 1 heterocycles. The number of likely N-dealkylation sites (N-methyl/N-ethyl adjacent to an activating group) is 2. The summed E-state index contributed by atoms with van der Waals surface area (Å²) < 4.78 is 5.72. The normalized spacial score (nSPS) is 15.5. The molecule has 1 fully saturated rings. The van der Waals surface area contributed by atoms with Gasteiger partial charge in [-0.05, 0) is 24.3 Å². The quantitative estimate of drug-likeness (QED) is 0.711. The van der Waals surface area contributed by atoms with E-state index in [1.807, 2.05) is 24.3 Å². The number of piperazine rings is 1. The largest absolute Gasteiger partial charge is 0.492 e. The van der Waals surface area contributed by atoms with Crippen LogP contribution in [-0.2, 0) is 9.59 Å². The van der Waals surface area contributed by atoms with Gasteiger partial charge in [-0.25, -0.2) is 0 Å². The van der Waals surface area contributed by atoms with Gasteiger partial charge in [0.15, 0.2) is 0 Å². The van der Waals surface area contributed by atoms with Crippen molar-refractivity contribution in [1.29, 1.82) is 0 Å². The first-order chi connectivity index (χ1) is 12.5. The smallest absolute Gasteiger partial charge is 0.239 e. The molecule has 1 saturated heterocycles. The molecule has 1 aliphatic heterocycles. The summed E-state index contributed by atoms with van der Waals surface area (Å²) in [5, 5.41) is 3.22. The molecule has 0 unspecified atom stereocenters. The summed E-state index contributed by atoms with van der Waals surface area (Å²) in [6.45, 7) is 5.38. The molecular weight excluding hydrogens is 356 g/mol. The summed E-state index contributed by atoms with van der Waals surface area (Å²) in [7, 11) is 3.22. The van der Waals surface area contributed by atoms with Crippen LogP contribution in [0.4, 0.5) is 0 Å². The number of hydrogen-bond acceptors (Lipinski definition) is 5. The van der Waals surface area contributed by atoms with Gasteiger partial charge in [0.1, 0.15) is 12.4 Å². The zero-order chi connectivity index (χ0) is 18.9. The predicted molar refractivity (Wildman–Crippen MR) is 102 cm³/mol. The lowest BCUT2D eigenvalue weighted by Gasteiger charge is -2.34. The van der Waals surface area contributed by atoms with Crippen LogP contribution in [0, 0.1) is 0 Å². The Morgan fingerprint density at radius 1 is 1.15 bits per heavy atom. The highest BCUT2D eigenvalue weighted by molar-refractivity contribution is 6.30. The average Bonchev–Trinajstić information content (AvgIpc) is 2.64. The standard InChI is InChI=1S/C18H27ClN4O3/c1-20-17(24)13-21(2)18(25)14-23-9-7-22(8-10-23)11-12-26-16-5-3-15(19)4-6-16/h3-6H,7-14H2,1-2H3,(H,20,24). The second kappa shape index (κ2) is 10.4. The predicted octanol–water partition coefficient (Wildman–Crippen LogP) is 0.541. The maximum atomic E-state index is 12.2. The number of carbonyl (C=O) groups is 2. The first-order valence-electron chi connectivity index (χ1n) is 8.75. The first kappa shape index (κ1) is 20.5. The summed E-state index contributed by atoms with van der Waals surface area (Å²) in [5.74, 6) is 0.622. The fraction of sp³-hybridized carbons (Fsp3) is 0.556. The maximum absolute atomic E-state index is 12.2. The molecule has 8 heteroatoms. The summed E-state index contributed by atoms with van der Waals surface area (Å²) >= 11 is 5.85. The molecule has 1 N–H and O–H groups in total. The Hall–Kier alpha value is -1.83. The first-order valence-corrected chi connectivity index (χ1v) is 9.13. The van der Waals surface area contributed by atoms with E-state index in [9.17, 15) is 9.59 Å². The van der Waals surface area contributed by atoms with Crippen molar-refractivity contribution in [2.45, 2.75) is 0 Å². The van der Waals surface area contributed by atoms with Gasteiger partial charge in [-0.3, -0.25) is 19.4 Å². The maximum Gasteiger partial charge on any atom is 0.239 e. The molecule has 1 aromatic rings. The molecule has 0 radical (unpaired) electrons. The molecule has 144 valence electrons. The van der Waals surface area contributed by atoms with E-state index >= 15 is 0 Å². The molecule has 1 aromatic carbocycles. The molecule has 0 atom stereocenters. The number of carbonyl (C=O) groups excluding carboxylic acids is 2. The summed E-state index contributed by atoms with van der Waals surface area (Å²) in [4.78, 5) is 29.4. The zero-order valence-corrected chi connectivity index (χ0v) is 16.2. The number of hydrogen-bond donors (Lipinski definition) is 1. The Kier molecular flexibility index (Phi) is 8.15. The van der Waals surface area contributed by atoms with E-state index in [0.29, 0.717) is 18.2 Å². The van der Waals surface area contributed by atoms with Crippen molar-refractivity contribution in [2.75, 3.05) is 66.5 Å². The molecule has 2 amide bonds. The SMILES string of the molecule is CNC(=O)CN(C)C(=O)CN1CCN(CCOc2ccc(Cl)cc2)CC1. The van der Waals surface area contributed by atoms with Crippen molar-refractivity contribution >= 4 is 23.4 Å². The molecule has 7 nitrogen and oxygen atoms in total. The van der Waals surface area contributed by atoms with Crippen molar-refractivity contribution in [1.82, 2.24) is 20.0 Å². The Balaban J connectivity index is 1.63. The zero-order valence-electron chi connectivity index (χ0n) is 15.4. The van der Waals surface area contributed by atoms with Gasteiger partial charge in [-0.2, -0.15) is 0 Å². The molecule has 0 bridgehead atoms. The second-order valence-corrected chi connectivity index (χ2v) is 6.78. The van der Waals surface area contributed by atoms with Crippen LogP contribution >= 0.6 is 11.6 Å². The summed E-state index contributed by atoms with van der Waals surface area (Å²) in [6, 6.07) is 7.35. The van der Waals surface area contributed by atoms with E-state index in [-0.39, 0.29) is 18.4 Å². The Morgan fingerprint density at radius 2 is 1.77 bits per heavy atom. The third kappa shape index (κ3) is 6.82. The van der Waals surface area contributed by atoms with Gasteiger partial charge in [0.25, 0.3) is 0 Å². The van der Waals surface area contributed by atoms with Crippen LogP contribution < -0.4 is 10.1 Å². The van der Waals surface area contributed by atoms with Crippen LogP contribution in [-0.4, -0.2) is 93.0 Å². The molecule has 1 aliphatic rings. The van der Waals surface area contributed by atoms with Crippen molar-refractivity contribution in [2.24, 2.45) is 0 Å². The number of benzene rings is 1. The minimum atomic E-state index is -0.161. The van der Waals surface area contributed by atoms with E-state index in [1.165, 1.54) is 4.90 Å². The van der Waals surface area contributed by atoms with Gasteiger partial charge in [0.2, 0.25) is 11.8 Å². The Labute approximate surface area is 159 Å². The van der Waals surface area contributed by atoms with Crippen molar-refractivity contribution < 1.29 is 14.3 Å². The lowest BCUT2D eigenvalue weighted by molar-refractivity contribution is -0.135. The van der Waals surface area contributed by atoms with E-state index in [1.54, 1.807) is 14.1 Å². The molecule has 0 aliphatic carbocycles. The second-order valence-electron chi connectivity index (χ2n) is 6.34. The van der Waals surface area contributed by atoms with Crippen LogP contribution in [0.3, 0.4) is 0 Å². The van der Waals surface area contributed by atoms with Crippen LogP contribution in [0.15, 0.2) is 24.3 Å². The van der Waals surface area contributed by atoms with E-state index in [2.05, 4.69) is 15.1 Å². The Morgan fingerprint density at radius 3 is 2.38 bits per heavy atom. The van der Waals surface area contributed by atoms with Crippen LogP contribution in [0.25, 0.3) is 0 Å². The highest BCUT2D eigenvalue weighted by Gasteiger charge is 2.21. The third-order valence-corrected chi connectivity index (χ3v) is 4.65. The molecule has 26 heavy (non-hydrogen) atoms. The van der Waals surface area contributed by atoms with E-state index in [0.717, 1.165) is 38.5 Å². The monoisotopic (exact) mass is 382 g/mol. The highest BCUT2D eigenvalue weighted by atomic mass is 35.5. The fourth-order valence-electron chi connectivity index (χ4n) is 2.69. The highest BCUT2D eigenvalue weighted by Crippen LogP contribution is 2.15.